The summed E-state index contributed by atoms with van der Waals surface area (Å²) in [5, 5.41) is 4.94. The van der Waals surface area contributed by atoms with E-state index in [1.54, 1.807) is 12.5 Å². The van der Waals surface area contributed by atoms with Crippen LogP contribution in [0.5, 0.6) is 0 Å². The number of sulfonamides is 1. The van der Waals surface area contributed by atoms with Crippen molar-refractivity contribution >= 4 is 39.7 Å². The van der Waals surface area contributed by atoms with Crippen molar-refractivity contribution in [1.82, 2.24) is 10.0 Å². The molecule has 0 unspecified atom stereocenters. The summed E-state index contributed by atoms with van der Waals surface area (Å²) in [7, 11) is -0.967. The van der Waals surface area contributed by atoms with Crippen LogP contribution in [0.2, 0.25) is 0 Å². The van der Waals surface area contributed by atoms with E-state index < -0.39 is 16.0 Å². The molecule has 1 saturated carbocycles. The Morgan fingerprint density at radius 3 is 2.60 bits per heavy atom. The molecule has 7 nitrogen and oxygen atoms in total. The van der Waals surface area contributed by atoms with E-state index >= 15 is 0 Å². The number of halogens is 1. The number of rotatable bonds is 5. The number of carbonyl (C=O) groups is 1. The summed E-state index contributed by atoms with van der Waals surface area (Å²) in [5.41, 5.74) is 0. The first-order chi connectivity index (χ1) is 11.5. The second-order valence-electron chi connectivity index (χ2n) is 6.26. The van der Waals surface area contributed by atoms with Crippen molar-refractivity contribution in [3.63, 3.8) is 0 Å². The van der Waals surface area contributed by atoms with Gasteiger partial charge in [-0.1, -0.05) is 0 Å². The van der Waals surface area contributed by atoms with Crippen LogP contribution in [0, 0.1) is 11.8 Å². The smallest absolute Gasteiger partial charge is 0.349 e. The molecule has 25 heavy (non-hydrogen) atoms. The van der Waals surface area contributed by atoms with Gasteiger partial charge >= 0.3 is 5.97 Å². The molecule has 2 N–H and O–H groups in total. The van der Waals surface area contributed by atoms with Gasteiger partial charge in [-0.25, -0.2) is 17.9 Å². The highest BCUT2D eigenvalue weighted by molar-refractivity contribution is 7.89. The van der Waals surface area contributed by atoms with Gasteiger partial charge < -0.3 is 14.8 Å². The first kappa shape index (κ1) is 20.6. The molecule has 3 rings (SSSR count). The molecule has 1 aromatic rings. The highest BCUT2D eigenvalue weighted by Crippen LogP contribution is 2.35. The lowest BCUT2D eigenvalue weighted by atomic mass is 9.78. The first-order valence-corrected chi connectivity index (χ1v) is 10.2. The van der Waals surface area contributed by atoms with Gasteiger partial charge in [-0.3, -0.25) is 0 Å². The molecule has 1 aliphatic carbocycles. The highest BCUT2D eigenvalue weighted by atomic mass is 35.5. The van der Waals surface area contributed by atoms with E-state index in [-0.39, 0.29) is 34.3 Å². The van der Waals surface area contributed by atoms with Crippen molar-refractivity contribution < 1.29 is 22.7 Å². The van der Waals surface area contributed by atoms with Crippen LogP contribution in [0.15, 0.2) is 16.3 Å². The Hall–Kier alpha value is -0.710. The van der Waals surface area contributed by atoms with E-state index in [1.807, 2.05) is 0 Å². The van der Waals surface area contributed by atoms with E-state index in [9.17, 15) is 13.2 Å². The lowest BCUT2D eigenvalue weighted by molar-refractivity contribution is 0.0194. The van der Waals surface area contributed by atoms with Crippen molar-refractivity contribution in [3.8, 4) is 0 Å². The Bertz CT molecular complexity index is 709. The fraction of sp³-hybridized carbons (Fsp3) is 0.667. The Labute approximate surface area is 157 Å². The molecule has 4 atom stereocenters. The number of carbonyl (C=O) groups excluding carboxylic acids is 1. The maximum Gasteiger partial charge on any atom is 0.349 e. The normalized spacial score (nSPS) is 28.9. The summed E-state index contributed by atoms with van der Waals surface area (Å²) < 4.78 is 38.5. The largest absolute Gasteiger partial charge is 0.465 e. The quantitative estimate of drug-likeness (QED) is 0.709. The molecule has 10 heteroatoms. The molecule has 1 aromatic heterocycles. The van der Waals surface area contributed by atoms with E-state index in [4.69, 9.17) is 4.74 Å². The van der Waals surface area contributed by atoms with Crippen LogP contribution in [0.1, 0.15) is 22.5 Å². The molecule has 0 aromatic carbocycles. The minimum absolute atomic E-state index is 0. The van der Waals surface area contributed by atoms with Gasteiger partial charge in [-0.15, -0.1) is 23.7 Å². The SMILES string of the molecule is COC(=O)c1sccc1S(=O)(=O)N[C@H]1C[C@H]2CNC[C@H]2C[C@@H]1OC.Cl. The van der Waals surface area contributed by atoms with Crippen molar-refractivity contribution in [3.05, 3.63) is 16.3 Å². The zero-order chi connectivity index (χ0) is 17.3. The molecule has 142 valence electrons. The number of hydrogen-bond acceptors (Lipinski definition) is 7. The third-order valence-corrected chi connectivity index (χ3v) is 7.47. The molecule has 2 heterocycles. The summed E-state index contributed by atoms with van der Waals surface area (Å²) >= 11 is 1.06. The molecule has 2 fully saturated rings. The second-order valence-corrected chi connectivity index (χ2v) is 8.86. The average molecular weight is 411 g/mol. The van der Waals surface area contributed by atoms with Crippen LogP contribution in [-0.2, 0) is 19.5 Å². The van der Waals surface area contributed by atoms with Crippen molar-refractivity contribution in [1.29, 1.82) is 0 Å². The van der Waals surface area contributed by atoms with Crippen LogP contribution >= 0.6 is 23.7 Å². The Morgan fingerprint density at radius 1 is 1.28 bits per heavy atom. The third-order valence-electron chi connectivity index (χ3n) is 4.92. The van der Waals surface area contributed by atoms with Gasteiger partial charge in [0.2, 0.25) is 10.0 Å². The zero-order valence-corrected chi connectivity index (χ0v) is 16.5. The lowest BCUT2D eigenvalue weighted by Gasteiger charge is -2.37. The van der Waals surface area contributed by atoms with Gasteiger partial charge in [0.05, 0.1) is 13.2 Å². The molecule has 2 aliphatic rings. The van der Waals surface area contributed by atoms with Crippen LogP contribution in [0.25, 0.3) is 0 Å². The monoisotopic (exact) mass is 410 g/mol. The van der Waals surface area contributed by atoms with Crippen molar-refractivity contribution in [2.45, 2.75) is 29.9 Å². The Kier molecular flexibility index (Phi) is 6.86. The molecular weight excluding hydrogens is 388 g/mol. The molecule has 1 saturated heterocycles. The van der Waals surface area contributed by atoms with Gasteiger partial charge in [0, 0.05) is 13.2 Å². The third kappa shape index (κ3) is 4.17. The molecule has 0 radical (unpaired) electrons. The van der Waals surface area contributed by atoms with E-state index in [0.717, 1.165) is 37.3 Å². The zero-order valence-electron chi connectivity index (χ0n) is 14.1. The standard InChI is InChI=1S/C15H22N2O5S2.ClH/c1-21-12-6-10-8-16-7-9(10)5-11(12)17-24(19,20)13-3-4-23-14(13)15(18)22-2;/h3-4,9-12,16-17H,5-8H2,1-2H3;1H/t9-,10+,11-,12-;/m0./s1. The number of methoxy groups -OCH3 is 2. The maximum atomic E-state index is 12.8. The van der Waals surface area contributed by atoms with E-state index in [0.29, 0.717) is 11.8 Å². The number of fused-ring (bicyclic) bond motifs is 1. The highest BCUT2D eigenvalue weighted by Gasteiger charge is 2.41. The van der Waals surface area contributed by atoms with Gasteiger partial charge in [0.1, 0.15) is 9.77 Å². The van der Waals surface area contributed by atoms with E-state index in [1.165, 1.54) is 13.2 Å². The van der Waals surface area contributed by atoms with Crippen LogP contribution in [-0.4, -0.2) is 53.8 Å². The summed E-state index contributed by atoms with van der Waals surface area (Å²) in [6.07, 6.45) is 1.39. The summed E-state index contributed by atoms with van der Waals surface area (Å²) in [5.74, 6) is 0.339. The minimum Gasteiger partial charge on any atom is -0.465 e. The number of nitrogens with one attached hydrogen (secondary N) is 2. The van der Waals surface area contributed by atoms with Crippen molar-refractivity contribution in [2.24, 2.45) is 11.8 Å². The Balaban J connectivity index is 0.00000225. The van der Waals surface area contributed by atoms with Crippen LogP contribution in [0.4, 0.5) is 0 Å². The summed E-state index contributed by atoms with van der Waals surface area (Å²) in [6.45, 7) is 1.87. The maximum absolute atomic E-state index is 12.8. The molecule has 0 bridgehead atoms. The summed E-state index contributed by atoms with van der Waals surface area (Å²) in [6, 6.07) is 1.13. The van der Waals surface area contributed by atoms with Gasteiger partial charge in [-0.05, 0) is 49.2 Å². The fourth-order valence-corrected chi connectivity index (χ4v) is 6.29. The number of ether oxygens (including phenoxy) is 2. The van der Waals surface area contributed by atoms with Gasteiger partial charge in [-0.2, -0.15) is 0 Å². The summed E-state index contributed by atoms with van der Waals surface area (Å²) in [4.78, 5) is 11.8. The predicted molar refractivity (Wildman–Crippen MR) is 96.9 cm³/mol. The Morgan fingerprint density at radius 2 is 1.96 bits per heavy atom. The number of hydrogen-bond donors (Lipinski definition) is 2. The second kappa shape index (κ2) is 8.32. The first-order valence-electron chi connectivity index (χ1n) is 7.88. The topological polar surface area (TPSA) is 93.7 Å². The fourth-order valence-electron chi connectivity index (χ4n) is 3.68. The molecular formula is C15H23ClN2O5S2. The number of esters is 1. The van der Waals surface area contributed by atoms with Crippen LogP contribution < -0.4 is 10.0 Å². The average Bonchev–Trinajstić information content (AvgIpc) is 3.21. The molecule has 0 spiro atoms. The van der Waals surface area contributed by atoms with Gasteiger partial charge in [0.15, 0.2) is 0 Å². The minimum atomic E-state index is -3.81. The number of thiophene rings is 1. The van der Waals surface area contributed by atoms with Crippen LogP contribution in [0.3, 0.4) is 0 Å². The molecule has 1 aliphatic heterocycles. The van der Waals surface area contributed by atoms with Gasteiger partial charge in [0.25, 0.3) is 0 Å². The molecule has 0 amide bonds. The lowest BCUT2D eigenvalue weighted by Crippen LogP contribution is -2.50. The van der Waals surface area contributed by atoms with Crippen molar-refractivity contribution in [2.75, 3.05) is 27.3 Å². The van der Waals surface area contributed by atoms with E-state index in [2.05, 4.69) is 14.8 Å². The predicted octanol–water partition coefficient (Wildman–Crippen LogP) is 1.25.